The van der Waals surface area contributed by atoms with Crippen LogP contribution in [0, 0.1) is 5.82 Å². The number of hydrogen-bond donors (Lipinski definition) is 0. The minimum Gasteiger partial charge on any atom is -0.384 e. The van der Waals surface area contributed by atoms with Crippen molar-refractivity contribution in [3.05, 3.63) is 63.7 Å². The third-order valence-corrected chi connectivity index (χ3v) is 4.62. The second-order valence-electron chi connectivity index (χ2n) is 4.99. The number of aromatic nitrogens is 2. The maximum atomic E-state index is 13.5. The Morgan fingerprint density at radius 2 is 2.08 bits per heavy atom. The van der Waals surface area contributed by atoms with Crippen LogP contribution < -0.4 is 5.56 Å². The first kappa shape index (κ1) is 17.0. The van der Waals surface area contributed by atoms with Crippen LogP contribution in [0.4, 0.5) is 4.39 Å². The summed E-state index contributed by atoms with van der Waals surface area (Å²) in [6, 6.07) is 11.3. The molecule has 7 heteroatoms. The van der Waals surface area contributed by atoms with Gasteiger partial charge in [-0.1, -0.05) is 35.5 Å². The molecule has 0 amide bonds. The molecule has 24 heavy (non-hydrogen) atoms. The van der Waals surface area contributed by atoms with Gasteiger partial charge in [0.05, 0.1) is 28.2 Å². The van der Waals surface area contributed by atoms with Crippen LogP contribution in [0.5, 0.6) is 0 Å². The molecule has 0 spiro atoms. The average Bonchev–Trinajstić information content (AvgIpc) is 2.58. The van der Waals surface area contributed by atoms with Gasteiger partial charge in [0.25, 0.3) is 5.56 Å². The summed E-state index contributed by atoms with van der Waals surface area (Å²) in [6.07, 6.45) is 0. The lowest BCUT2D eigenvalue weighted by molar-refractivity contribution is 0.218. The van der Waals surface area contributed by atoms with E-state index in [1.54, 1.807) is 25.3 Å². The quantitative estimate of drug-likeness (QED) is 0.391. The molecule has 1 aromatic heterocycles. The van der Waals surface area contributed by atoms with Gasteiger partial charge in [0.2, 0.25) is 0 Å². The third kappa shape index (κ3) is 3.31. The molecule has 0 fully saturated rings. The molecular weight excluding hydrogens is 351 g/mol. The molecular formula is C17H14ClFN2O2S. The van der Waals surface area contributed by atoms with Crippen LogP contribution in [-0.2, 0) is 4.74 Å². The molecule has 0 saturated carbocycles. The third-order valence-electron chi connectivity index (χ3n) is 3.42. The Labute approximate surface area is 147 Å². The Morgan fingerprint density at radius 3 is 2.83 bits per heavy atom. The monoisotopic (exact) mass is 364 g/mol. The highest BCUT2D eigenvalue weighted by Crippen LogP contribution is 2.24. The van der Waals surface area contributed by atoms with Crippen molar-refractivity contribution < 1.29 is 9.13 Å². The lowest BCUT2D eigenvalue weighted by Gasteiger charge is -2.13. The number of thioether (sulfide) groups is 1. The molecule has 4 nitrogen and oxygen atoms in total. The predicted molar refractivity (Wildman–Crippen MR) is 94.9 cm³/mol. The zero-order valence-electron chi connectivity index (χ0n) is 12.8. The first-order valence-electron chi connectivity index (χ1n) is 7.21. The second-order valence-corrected chi connectivity index (χ2v) is 6.46. The smallest absolute Gasteiger partial charge is 0.266 e. The Balaban J connectivity index is 2.22. The van der Waals surface area contributed by atoms with Crippen LogP contribution in [0.1, 0.15) is 0 Å². The Morgan fingerprint density at radius 1 is 1.29 bits per heavy atom. The van der Waals surface area contributed by atoms with Crippen molar-refractivity contribution in [3.63, 3.8) is 0 Å². The summed E-state index contributed by atoms with van der Waals surface area (Å²) in [5.41, 5.74) is 0.875. The summed E-state index contributed by atoms with van der Waals surface area (Å²) in [7, 11) is 1.61. The summed E-state index contributed by atoms with van der Waals surface area (Å²) in [6.45, 7) is 0.525. The first-order valence-corrected chi connectivity index (χ1v) is 8.57. The van der Waals surface area contributed by atoms with Crippen LogP contribution in [0.3, 0.4) is 0 Å². The summed E-state index contributed by atoms with van der Waals surface area (Å²) in [4.78, 5) is 17.5. The van der Waals surface area contributed by atoms with Crippen molar-refractivity contribution in [3.8, 4) is 5.69 Å². The number of para-hydroxylation sites is 1. The molecule has 0 saturated heterocycles. The molecule has 3 aromatic rings. The van der Waals surface area contributed by atoms with E-state index in [1.165, 1.54) is 34.5 Å². The SMILES string of the molecule is COCCSc1nc2ccccc2c(=O)n1-c1ccc(F)c(Cl)c1. The maximum Gasteiger partial charge on any atom is 0.266 e. The van der Waals surface area contributed by atoms with Crippen molar-refractivity contribution in [2.75, 3.05) is 19.5 Å². The van der Waals surface area contributed by atoms with E-state index in [0.717, 1.165) is 0 Å². The summed E-state index contributed by atoms with van der Waals surface area (Å²) >= 11 is 7.27. The van der Waals surface area contributed by atoms with Gasteiger partial charge in [-0.05, 0) is 30.3 Å². The molecule has 2 aromatic carbocycles. The van der Waals surface area contributed by atoms with Crippen LogP contribution in [0.25, 0.3) is 16.6 Å². The van der Waals surface area contributed by atoms with Crippen LogP contribution >= 0.6 is 23.4 Å². The van der Waals surface area contributed by atoms with Crippen molar-refractivity contribution in [1.82, 2.24) is 9.55 Å². The van der Waals surface area contributed by atoms with E-state index in [-0.39, 0.29) is 10.6 Å². The maximum absolute atomic E-state index is 13.5. The fourth-order valence-corrected chi connectivity index (χ4v) is 3.36. The van der Waals surface area contributed by atoms with Crippen molar-refractivity contribution in [2.24, 2.45) is 0 Å². The Kier molecular flexibility index (Phi) is 5.18. The summed E-state index contributed by atoms with van der Waals surface area (Å²) in [5, 5.41) is 0.966. The number of rotatable bonds is 5. The standard InChI is InChI=1S/C17H14ClFN2O2S/c1-23-8-9-24-17-20-15-5-3-2-4-12(15)16(22)21(17)11-6-7-14(19)13(18)10-11/h2-7,10H,8-9H2,1H3. The molecule has 0 N–H and O–H groups in total. The molecule has 0 bridgehead atoms. The molecule has 124 valence electrons. The van der Waals surface area contributed by atoms with Crippen molar-refractivity contribution in [1.29, 1.82) is 0 Å². The van der Waals surface area contributed by atoms with E-state index in [9.17, 15) is 9.18 Å². The summed E-state index contributed by atoms with van der Waals surface area (Å²) < 4.78 is 20.0. The lowest BCUT2D eigenvalue weighted by atomic mass is 10.2. The number of hydrogen-bond acceptors (Lipinski definition) is 4. The topological polar surface area (TPSA) is 44.1 Å². The number of fused-ring (bicyclic) bond motifs is 1. The van der Waals surface area contributed by atoms with Gasteiger partial charge in [-0.3, -0.25) is 9.36 Å². The molecule has 0 atom stereocenters. The van der Waals surface area contributed by atoms with Gasteiger partial charge < -0.3 is 4.74 Å². The normalized spacial score (nSPS) is 11.1. The molecule has 0 aliphatic rings. The highest BCUT2D eigenvalue weighted by molar-refractivity contribution is 7.99. The number of methoxy groups -OCH3 is 1. The van der Waals surface area contributed by atoms with E-state index >= 15 is 0 Å². The van der Waals surface area contributed by atoms with Crippen LogP contribution in [-0.4, -0.2) is 29.0 Å². The molecule has 0 unspecified atom stereocenters. The fourth-order valence-electron chi connectivity index (χ4n) is 2.28. The van der Waals surface area contributed by atoms with Gasteiger partial charge in [-0.15, -0.1) is 0 Å². The highest BCUT2D eigenvalue weighted by atomic mass is 35.5. The molecule has 3 rings (SSSR count). The number of nitrogens with zero attached hydrogens (tertiary/aromatic N) is 2. The zero-order chi connectivity index (χ0) is 17.1. The number of halogens is 2. The molecule has 1 heterocycles. The Bertz CT molecular complexity index is 946. The van der Waals surface area contributed by atoms with Crippen LogP contribution in [0.15, 0.2) is 52.4 Å². The van der Waals surface area contributed by atoms with Gasteiger partial charge in [-0.2, -0.15) is 0 Å². The van der Waals surface area contributed by atoms with Gasteiger partial charge >= 0.3 is 0 Å². The fraction of sp³-hybridized carbons (Fsp3) is 0.176. The van der Waals surface area contributed by atoms with E-state index in [1.807, 2.05) is 6.07 Å². The largest absolute Gasteiger partial charge is 0.384 e. The summed E-state index contributed by atoms with van der Waals surface area (Å²) in [5.74, 6) is 0.103. The minimum absolute atomic E-state index is 0.0413. The van der Waals surface area contributed by atoms with E-state index in [0.29, 0.717) is 34.1 Å². The van der Waals surface area contributed by atoms with E-state index in [4.69, 9.17) is 16.3 Å². The number of benzene rings is 2. The lowest BCUT2D eigenvalue weighted by Crippen LogP contribution is -2.22. The molecule has 0 aliphatic carbocycles. The molecule has 0 radical (unpaired) electrons. The molecule has 0 aliphatic heterocycles. The van der Waals surface area contributed by atoms with Gasteiger partial charge in [0.15, 0.2) is 5.16 Å². The first-order chi connectivity index (χ1) is 11.6. The highest BCUT2D eigenvalue weighted by Gasteiger charge is 2.14. The van der Waals surface area contributed by atoms with Crippen molar-refractivity contribution >= 4 is 34.3 Å². The average molecular weight is 365 g/mol. The predicted octanol–water partition coefficient (Wildman–Crippen LogP) is 3.92. The van der Waals surface area contributed by atoms with Gasteiger partial charge in [0, 0.05) is 12.9 Å². The van der Waals surface area contributed by atoms with Gasteiger partial charge in [-0.25, -0.2) is 9.37 Å². The van der Waals surface area contributed by atoms with Crippen LogP contribution in [0.2, 0.25) is 5.02 Å². The minimum atomic E-state index is -0.532. The van der Waals surface area contributed by atoms with E-state index in [2.05, 4.69) is 4.98 Å². The second kappa shape index (κ2) is 7.34. The van der Waals surface area contributed by atoms with Crippen molar-refractivity contribution in [2.45, 2.75) is 5.16 Å². The Hall–Kier alpha value is -1.89. The zero-order valence-corrected chi connectivity index (χ0v) is 14.4. The van der Waals surface area contributed by atoms with E-state index < -0.39 is 5.82 Å². The van der Waals surface area contributed by atoms with Gasteiger partial charge in [0.1, 0.15) is 5.82 Å². The number of ether oxygens (including phenoxy) is 1.